The van der Waals surface area contributed by atoms with E-state index in [2.05, 4.69) is 46.0 Å². The van der Waals surface area contributed by atoms with Crippen LogP contribution in [0.4, 0.5) is 0 Å². The summed E-state index contributed by atoms with van der Waals surface area (Å²) in [5.41, 5.74) is 4.03. The Morgan fingerprint density at radius 1 is 1.46 bits per heavy atom. The molecule has 0 saturated carbocycles. The van der Waals surface area contributed by atoms with Crippen LogP contribution in [0.25, 0.3) is 0 Å². The highest BCUT2D eigenvalue weighted by Gasteiger charge is 2.11. The Hall–Kier alpha value is -0.630. The lowest BCUT2D eigenvalue weighted by molar-refractivity contribution is 0.930. The molecule has 1 aliphatic rings. The number of fused-ring (bicyclic) bond motifs is 1. The first-order valence-electron chi connectivity index (χ1n) is 4.63. The molecule has 1 heterocycles. The summed E-state index contributed by atoms with van der Waals surface area (Å²) < 4.78 is 1.17. The highest BCUT2D eigenvalue weighted by molar-refractivity contribution is 9.10. The fourth-order valence-corrected chi connectivity index (χ4v) is 2.16. The molecule has 0 bridgehead atoms. The number of halogens is 1. The summed E-state index contributed by atoms with van der Waals surface area (Å²) in [6.07, 6.45) is 2.12. The maximum atomic E-state index is 4.52. The Morgan fingerprint density at radius 2 is 2.31 bits per heavy atom. The zero-order chi connectivity index (χ0) is 9.26. The van der Waals surface area contributed by atoms with Crippen LogP contribution in [0.15, 0.2) is 27.7 Å². The zero-order valence-electron chi connectivity index (χ0n) is 7.68. The maximum Gasteiger partial charge on any atom is 0.0433 e. The lowest BCUT2D eigenvalue weighted by Gasteiger charge is -2.15. The minimum atomic E-state index is 0.951. The third-order valence-electron chi connectivity index (χ3n) is 2.40. The molecule has 1 nitrogen and oxygen atoms in total. The van der Waals surface area contributed by atoms with Crippen LogP contribution in [0.1, 0.15) is 24.5 Å². The zero-order valence-corrected chi connectivity index (χ0v) is 9.26. The third kappa shape index (κ3) is 1.68. The van der Waals surface area contributed by atoms with Crippen molar-refractivity contribution in [1.29, 1.82) is 0 Å². The van der Waals surface area contributed by atoms with Gasteiger partial charge in [-0.15, -0.1) is 0 Å². The largest absolute Gasteiger partial charge is 0.289 e. The summed E-state index contributed by atoms with van der Waals surface area (Å²) >= 11 is 3.49. The minimum absolute atomic E-state index is 0.951. The van der Waals surface area contributed by atoms with Crippen LogP contribution in [-0.4, -0.2) is 12.3 Å². The molecule has 2 heteroatoms. The monoisotopic (exact) mass is 237 g/mol. The third-order valence-corrected chi connectivity index (χ3v) is 2.89. The van der Waals surface area contributed by atoms with Crippen LogP contribution in [0.2, 0.25) is 0 Å². The number of rotatable bonds is 1. The van der Waals surface area contributed by atoms with Gasteiger partial charge in [-0.1, -0.05) is 28.9 Å². The van der Waals surface area contributed by atoms with Crippen LogP contribution in [0.3, 0.4) is 0 Å². The van der Waals surface area contributed by atoms with Crippen LogP contribution in [0, 0.1) is 0 Å². The first-order valence-corrected chi connectivity index (χ1v) is 5.42. The molecule has 1 aromatic rings. The van der Waals surface area contributed by atoms with Gasteiger partial charge in [0.15, 0.2) is 0 Å². The van der Waals surface area contributed by atoms with Crippen LogP contribution in [0.5, 0.6) is 0 Å². The van der Waals surface area contributed by atoms with E-state index in [0.29, 0.717) is 0 Å². The predicted octanol–water partition coefficient (Wildman–Crippen LogP) is 3.20. The van der Waals surface area contributed by atoms with E-state index in [0.717, 1.165) is 19.4 Å². The van der Waals surface area contributed by atoms with Crippen LogP contribution >= 0.6 is 15.9 Å². The second kappa shape index (κ2) is 3.62. The van der Waals surface area contributed by atoms with Gasteiger partial charge in [-0.25, -0.2) is 0 Å². The van der Waals surface area contributed by atoms with Crippen molar-refractivity contribution >= 4 is 21.6 Å². The summed E-state index contributed by atoms with van der Waals surface area (Å²) in [4.78, 5) is 4.52. The van der Waals surface area contributed by atoms with Crippen molar-refractivity contribution in [2.45, 2.75) is 19.8 Å². The number of benzene rings is 1. The lowest BCUT2D eigenvalue weighted by atomic mass is 9.96. The van der Waals surface area contributed by atoms with Gasteiger partial charge in [-0.05, 0) is 36.1 Å². The first kappa shape index (κ1) is 8.95. The standard InChI is InChI=1S/C11H12BrN/c1-2-11-10-4-3-9(12)7-8(10)5-6-13-11/h3-4,7H,2,5-6H2,1H3. The first-order chi connectivity index (χ1) is 6.31. The summed E-state index contributed by atoms with van der Waals surface area (Å²) in [6, 6.07) is 6.47. The van der Waals surface area contributed by atoms with Gasteiger partial charge in [0.2, 0.25) is 0 Å². The molecule has 0 atom stereocenters. The van der Waals surface area contributed by atoms with E-state index in [-0.39, 0.29) is 0 Å². The SMILES string of the molecule is CCC1=NCCc2cc(Br)ccc21. The van der Waals surface area contributed by atoms with Gasteiger partial charge >= 0.3 is 0 Å². The summed E-state index contributed by atoms with van der Waals surface area (Å²) in [5, 5.41) is 0. The van der Waals surface area contributed by atoms with E-state index in [9.17, 15) is 0 Å². The smallest absolute Gasteiger partial charge is 0.0433 e. The maximum absolute atomic E-state index is 4.52. The Morgan fingerprint density at radius 3 is 3.08 bits per heavy atom. The van der Waals surface area contributed by atoms with Crippen molar-refractivity contribution in [3.8, 4) is 0 Å². The average Bonchev–Trinajstić information content (AvgIpc) is 2.16. The molecular weight excluding hydrogens is 226 g/mol. The van der Waals surface area contributed by atoms with Gasteiger partial charge in [0.1, 0.15) is 0 Å². The van der Waals surface area contributed by atoms with Crippen molar-refractivity contribution in [3.05, 3.63) is 33.8 Å². The summed E-state index contributed by atoms with van der Waals surface area (Å²) in [6.45, 7) is 3.11. The molecule has 0 amide bonds. The number of hydrogen-bond acceptors (Lipinski definition) is 1. The van der Waals surface area contributed by atoms with Gasteiger partial charge < -0.3 is 0 Å². The predicted molar refractivity (Wildman–Crippen MR) is 59.5 cm³/mol. The molecule has 0 radical (unpaired) electrons. The van der Waals surface area contributed by atoms with Crippen molar-refractivity contribution in [3.63, 3.8) is 0 Å². The Balaban J connectivity index is 2.49. The molecule has 0 unspecified atom stereocenters. The Bertz CT molecular complexity index is 355. The van der Waals surface area contributed by atoms with Crippen molar-refractivity contribution in [1.82, 2.24) is 0 Å². The highest BCUT2D eigenvalue weighted by Crippen LogP contribution is 2.21. The van der Waals surface area contributed by atoms with E-state index < -0.39 is 0 Å². The molecule has 0 aliphatic carbocycles. The quantitative estimate of drug-likeness (QED) is 0.712. The topological polar surface area (TPSA) is 12.4 Å². The van der Waals surface area contributed by atoms with Gasteiger partial charge in [-0.2, -0.15) is 0 Å². The molecule has 0 N–H and O–H groups in total. The van der Waals surface area contributed by atoms with Gasteiger partial charge in [-0.3, -0.25) is 4.99 Å². The molecule has 0 aromatic heterocycles. The highest BCUT2D eigenvalue weighted by atomic mass is 79.9. The van der Waals surface area contributed by atoms with Gasteiger partial charge in [0, 0.05) is 16.7 Å². The summed E-state index contributed by atoms with van der Waals surface area (Å²) in [7, 11) is 0. The minimum Gasteiger partial charge on any atom is -0.289 e. The molecule has 13 heavy (non-hydrogen) atoms. The van der Waals surface area contributed by atoms with Gasteiger partial charge in [0.05, 0.1) is 0 Å². The van der Waals surface area contributed by atoms with Crippen LogP contribution < -0.4 is 0 Å². The van der Waals surface area contributed by atoms with Crippen molar-refractivity contribution in [2.24, 2.45) is 4.99 Å². The lowest BCUT2D eigenvalue weighted by Crippen LogP contribution is -2.11. The van der Waals surface area contributed by atoms with Crippen molar-refractivity contribution in [2.75, 3.05) is 6.54 Å². The molecule has 0 spiro atoms. The Kier molecular flexibility index (Phi) is 2.49. The fraction of sp³-hybridized carbons (Fsp3) is 0.364. The van der Waals surface area contributed by atoms with Crippen LogP contribution in [-0.2, 0) is 6.42 Å². The molecule has 0 saturated heterocycles. The number of nitrogens with zero attached hydrogens (tertiary/aromatic N) is 1. The molecule has 2 rings (SSSR count). The summed E-state index contributed by atoms with van der Waals surface area (Å²) in [5.74, 6) is 0. The van der Waals surface area contributed by atoms with E-state index in [1.54, 1.807) is 0 Å². The molecule has 68 valence electrons. The van der Waals surface area contributed by atoms with E-state index in [4.69, 9.17) is 0 Å². The molecule has 1 aromatic carbocycles. The van der Waals surface area contributed by atoms with Crippen molar-refractivity contribution < 1.29 is 0 Å². The second-order valence-corrected chi connectivity index (χ2v) is 4.15. The van der Waals surface area contributed by atoms with E-state index >= 15 is 0 Å². The van der Waals surface area contributed by atoms with Gasteiger partial charge in [0.25, 0.3) is 0 Å². The van der Waals surface area contributed by atoms with E-state index in [1.807, 2.05) is 0 Å². The molecule has 0 fully saturated rings. The average molecular weight is 238 g/mol. The molecular formula is C11H12BrN. The molecule has 1 aliphatic heterocycles. The fourth-order valence-electron chi connectivity index (χ4n) is 1.75. The number of hydrogen-bond donors (Lipinski definition) is 0. The number of aliphatic imine (C=N–C) groups is 1. The van der Waals surface area contributed by atoms with E-state index in [1.165, 1.54) is 21.3 Å². The Labute approximate surface area is 87.0 Å². The second-order valence-electron chi connectivity index (χ2n) is 3.23. The normalized spacial score (nSPS) is 15.1.